The van der Waals surface area contributed by atoms with Gasteiger partial charge in [-0.1, -0.05) is 17.7 Å². The Hall–Kier alpha value is -2.93. The summed E-state index contributed by atoms with van der Waals surface area (Å²) in [6.45, 7) is 1.83. The topological polar surface area (TPSA) is 60.3 Å². The molecule has 0 spiro atoms. The Morgan fingerprint density at radius 3 is 2.68 bits per heavy atom. The lowest BCUT2D eigenvalue weighted by molar-refractivity contribution is -0.142. The van der Waals surface area contributed by atoms with Gasteiger partial charge >= 0.3 is 5.97 Å². The molecule has 0 saturated carbocycles. The molecule has 1 N–H and O–H groups in total. The molecule has 146 valence electrons. The zero-order valence-electron chi connectivity index (χ0n) is 15.2. The number of amides is 1. The normalized spacial score (nSPS) is 10.9. The van der Waals surface area contributed by atoms with Gasteiger partial charge in [-0.2, -0.15) is 0 Å². The number of carbonyl (C=O) groups excluding carboxylic acids is 2. The molecule has 1 heterocycles. The lowest BCUT2D eigenvalue weighted by Crippen LogP contribution is -2.13. The number of nitrogens with one attached hydrogen (secondary N) is 1. The van der Waals surface area contributed by atoms with Gasteiger partial charge in [0.05, 0.1) is 34.8 Å². The van der Waals surface area contributed by atoms with Crippen LogP contribution in [-0.4, -0.2) is 23.1 Å². The number of fused-ring (bicyclic) bond motifs is 1. The van der Waals surface area contributed by atoms with Gasteiger partial charge in [0.15, 0.2) is 0 Å². The first-order valence-electron chi connectivity index (χ1n) is 8.50. The lowest BCUT2D eigenvalue weighted by atomic mass is 10.1. The minimum absolute atomic E-state index is 0.0186. The third kappa shape index (κ3) is 3.84. The molecule has 1 aromatic heterocycles. The summed E-state index contributed by atoms with van der Waals surface area (Å²) in [6.07, 6.45) is 1.21. The molecule has 5 nitrogen and oxygen atoms in total. The van der Waals surface area contributed by atoms with Crippen molar-refractivity contribution in [2.24, 2.45) is 7.05 Å². The van der Waals surface area contributed by atoms with Crippen LogP contribution in [0.1, 0.15) is 22.8 Å². The second-order valence-electron chi connectivity index (χ2n) is 6.15. The maximum atomic E-state index is 14.3. The molecule has 0 aliphatic heterocycles. The van der Waals surface area contributed by atoms with E-state index in [1.807, 2.05) is 0 Å². The van der Waals surface area contributed by atoms with Crippen LogP contribution in [0.15, 0.2) is 36.5 Å². The highest BCUT2D eigenvalue weighted by Gasteiger charge is 2.19. The number of ether oxygens (including phenoxy) is 1. The van der Waals surface area contributed by atoms with Crippen LogP contribution in [-0.2, 0) is 23.0 Å². The van der Waals surface area contributed by atoms with E-state index >= 15 is 0 Å². The van der Waals surface area contributed by atoms with E-state index in [4.69, 9.17) is 16.3 Å². The molecule has 28 heavy (non-hydrogen) atoms. The first kappa shape index (κ1) is 19.8. The van der Waals surface area contributed by atoms with E-state index in [1.165, 1.54) is 18.3 Å². The first-order chi connectivity index (χ1) is 13.3. The zero-order chi connectivity index (χ0) is 20.4. The Balaban J connectivity index is 1.89. The summed E-state index contributed by atoms with van der Waals surface area (Å²) in [7, 11) is 1.69. The Labute approximate surface area is 164 Å². The number of aromatic nitrogens is 1. The molecule has 0 saturated heterocycles. The van der Waals surface area contributed by atoms with Gasteiger partial charge in [-0.25, -0.2) is 8.78 Å². The van der Waals surface area contributed by atoms with E-state index in [1.54, 1.807) is 30.7 Å². The van der Waals surface area contributed by atoms with Crippen LogP contribution in [0.3, 0.4) is 0 Å². The van der Waals surface area contributed by atoms with Crippen LogP contribution in [0.5, 0.6) is 0 Å². The van der Waals surface area contributed by atoms with Crippen LogP contribution in [0.4, 0.5) is 14.5 Å². The number of anilines is 1. The maximum Gasteiger partial charge on any atom is 0.310 e. The molecular weight excluding hydrogens is 390 g/mol. The maximum absolute atomic E-state index is 14.3. The molecule has 0 atom stereocenters. The number of nitrogens with zero attached hydrogens (tertiary/aromatic N) is 1. The number of hydrogen-bond acceptors (Lipinski definition) is 3. The highest BCUT2D eigenvalue weighted by Crippen LogP contribution is 2.29. The smallest absolute Gasteiger partial charge is 0.310 e. The van der Waals surface area contributed by atoms with Crippen molar-refractivity contribution in [1.29, 1.82) is 0 Å². The fraction of sp³-hybridized carbons (Fsp3) is 0.200. The van der Waals surface area contributed by atoms with Crippen molar-refractivity contribution in [3.8, 4) is 0 Å². The predicted molar refractivity (Wildman–Crippen MR) is 103 cm³/mol. The Morgan fingerprint density at radius 1 is 1.21 bits per heavy atom. The summed E-state index contributed by atoms with van der Waals surface area (Å²) in [5, 5.41) is 2.71. The summed E-state index contributed by atoms with van der Waals surface area (Å²) in [5.74, 6) is -2.46. The Kier molecular flexibility index (Phi) is 5.65. The van der Waals surface area contributed by atoms with E-state index in [-0.39, 0.29) is 40.3 Å². The summed E-state index contributed by atoms with van der Waals surface area (Å²) < 4.78 is 35.0. The lowest BCUT2D eigenvalue weighted by Gasteiger charge is -2.10. The third-order valence-corrected chi connectivity index (χ3v) is 4.55. The van der Waals surface area contributed by atoms with Crippen LogP contribution >= 0.6 is 11.6 Å². The van der Waals surface area contributed by atoms with E-state index in [9.17, 15) is 18.4 Å². The molecule has 2 aromatic carbocycles. The van der Waals surface area contributed by atoms with E-state index in [0.717, 1.165) is 6.07 Å². The summed E-state index contributed by atoms with van der Waals surface area (Å²) in [6, 6.07) is 6.78. The molecule has 0 unspecified atom stereocenters. The van der Waals surface area contributed by atoms with E-state index in [2.05, 4.69) is 5.32 Å². The second kappa shape index (κ2) is 7.98. The molecule has 1 amide bonds. The van der Waals surface area contributed by atoms with Gasteiger partial charge in [-0.05, 0) is 31.2 Å². The number of carbonyl (C=O) groups is 2. The molecule has 0 aliphatic carbocycles. The van der Waals surface area contributed by atoms with Gasteiger partial charge in [-0.15, -0.1) is 0 Å². The standard InChI is InChI=1S/C20H17ClF2N2O3/c1-3-28-18(26)8-11-7-13(21)16(9-15(11)23)24-20(27)12-10-25(2)17-6-4-5-14(22)19(12)17/h4-7,9-10H,3,8H2,1-2H3,(H,24,27). The largest absolute Gasteiger partial charge is 0.466 e. The Bertz CT molecular complexity index is 1080. The Morgan fingerprint density at radius 2 is 1.96 bits per heavy atom. The average molecular weight is 407 g/mol. The molecular formula is C20H17ClF2N2O3. The van der Waals surface area contributed by atoms with Crippen molar-refractivity contribution in [3.05, 3.63) is 64.3 Å². The zero-order valence-corrected chi connectivity index (χ0v) is 15.9. The van der Waals surface area contributed by atoms with E-state index in [0.29, 0.717) is 5.52 Å². The fourth-order valence-electron chi connectivity index (χ4n) is 2.95. The van der Waals surface area contributed by atoms with Gasteiger partial charge in [0.25, 0.3) is 5.91 Å². The van der Waals surface area contributed by atoms with Crippen LogP contribution < -0.4 is 5.32 Å². The summed E-state index contributed by atoms with van der Waals surface area (Å²) in [4.78, 5) is 24.2. The van der Waals surface area contributed by atoms with Gasteiger partial charge in [0.1, 0.15) is 11.6 Å². The van der Waals surface area contributed by atoms with E-state index < -0.39 is 23.5 Å². The number of rotatable bonds is 5. The number of halogens is 3. The van der Waals surface area contributed by atoms with Crippen LogP contribution in [0.25, 0.3) is 10.9 Å². The van der Waals surface area contributed by atoms with Gasteiger partial charge in [0, 0.05) is 24.2 Å². The SMILES string of the molecule is CCOC(=O)Cc1cc(Cl)c(NC(=O)c2cn(C)c3cccc(F)c23)cc1F. The van der Waals surface area contributed by atoms with Crippen molar-refractivity contribution in [2.45, 2.75) is 13.3 Å². The van der Waals surface area contributed by atoms with Crippen molar-refractivity contribution in [1.82, 2.24) is 4.57 Å². The molecule has 0 bridgehead atoms. The van der Waals surface area contributed by atoms with Gasteiger partial charge < -0.3 is 14.6 Å². The molecule has 0 radical (unpaired) electrons. The fourth-order valence-corrected chi connectivity index (χ4v) is 3.18. The first-order valence-corrected chi connectivity index (χ1v) is 8.88. The summed E-state index contributed by atoms with van der Waals surface area (Å²) in [5.41, 5.74) is 0.720. The molecule has 0 fully saturated rings. The van der Waals surface area contributed by atoms with Gasteiger partial charge in [0.2, 0.25) is 0 Å². The highest BCUT2D eigenvalue weighted by atomic mass is 35.5. The number of hydrogen-bond donors (Lipinski definition) is 1. The predicted octanol–water partition coefficient (Wildman–Crippen LogP) is 4.47. The number of aryl methyl sites for hydroxylation is 1. The minimum atomic E-state index is -0.711. The highest BCUT2D eigenvalue weighted by molar-refractivity contribution is 6.34. The average Bonchev–Trinajstić information content (AvgIpc) is 2.98. The van der Waals surface area contributed by atoms with Crippen molar-refractivity contribution in [2.75, 3.05) is 11.9 Å². The second-order valence-corrected chi connectivity index (χ2v) is 6.55. The van der Waals surface area contributed by atoms with Crippen LogP contribution in [0, 0.1) is 11.6 Å². The summed E-state index contributed by atoms with van der Waals surface area (Å²) >= 11 is 6.14. The number of benzene rings is 2. The van der Waals surface area contributed by atoms with Crippen molar-refractivity contribution < 1.29 is 23.1 Å². The minimum Gasteiger partial charge on any atom is -0.466 e. The monoisotopic (exact) mass is 406 g/mol. The third-order valence-electron chi connectivity index (χ3n) is 4.23. The van der Waals surface area contributed by atoms with Crippen molar-refractivity contribution in [3.63, 3.8) is 0 Å². The molecule has 3 rings (SSSR count). The number of esters is 1. The van der Waals surface area contributed by atoms with Crippen molar-refractivity contribution >= 4 is 40.1 Å². The quantitative estimate of drug-likeness (QED) is 0.636. The van der Waals surface area contributed by atoms with Gasteiger partial charge in [-0.3, -0.25) is 9.59 Å². The molecule has 3 aromatic rings. The molecule has 0 aliphatic rings. The van der Waals surface area contributed by atoms with Crippen LogP contribution in [0.2, 0.25) is 5.02 Å². The molecule has 8 heteroatoms.